The molecule has 3 nitrogen and oxygen atoms in total. The van der Waals surface area contributed by atoms with E-state index in [1.54, 1.807) is 0 Å². The van der Waals surface area contributed by atoms with Crippen LogP contribution in [-0.4, -0.2) is 11.8 Å². The Bertz CT molecular complexity index is 797. The molecule has 20 heavy (non-hydrogen) atoms. The first-order valence-corrected chi connectivity index (χ1v) is 6.58. The highest BCUT2D eigenvalue weighted by atomic mass is 16.7. The Morgan fingerprint density at radius 1 is 0.950 bits per heavy atom. The predicted octanol–water partition coefficient (Wildman–Crippen LogP) is 3.94. The molecule has 0 spiro atoms. The van der Waals surface area contributed by atoms with Gasteiger partial charge in [-0.3, -0.25) is 4.98 Å². The second kappa shape index (κ2) is 4.23. The number of rotatable bonds is 1. The van der Waals surface area contributed by atoms with Gasteiger partial charge in [-0.05, 0) is 30.5 Å². The van der Waals surface area contributed by atoms with Crippen LogP contribution in [0.15, 0.2) is 48.5 Å². The molecular formula is C17H13NO2. The minimum absolute atomic E-state index is 0.295. The third-order valence-electron chi connectivity index (χ3n) is 3.58. The summed E-state index contributed by atoms with van der Waals surface area (Å²) in [6.07, 6.45) is 0. The van der Waals surface area contributed by atoms with Crippen LogP contribution in [-0.2, 0) is 0 Å². The highest BCUT2D eigenvalue weighted by Gasteiger charge is 2.16. The summed E-state index contributed by atoms with van der Waals surface area (Å²) in [5.74, 6) is 1.61. The molecule has 4 rings (SSSR count). The molecule has 2 aromatic carbocycles. The van der Waals surface area contributed by atoms with Gasteiger partial charge in [-0.2, -0.15) is 0 Å². The molecule has 0 saturated heterocycles. The fraction of sp³-hybridized carbons (Fsp3) is 0.118. The van der Waals surface area contributed by atoms with Crippen LogP contribution in [0.2, 0.25) is 0 Å². The molecule has 0 amide bonds. The van der Waals surface area contributed by atoms with Gasteiger partial charge in [0, 0.05) is 16.6 Å². The van der Waals surface area contributed by atoms with Crippen molar-refractivity contribution in [3.8, 4) is 22.8 Å². The lowest BCUT2D eigenvalue weighted by Gasteiger charge is -2.08. The largest absolute Gasteiger partial charge is 0.454 e. The van der Waals surface area contributed by atoms with Crippen LogP contribution in [0.25, 0.3) is 22.0 Å². The first-order valence-electron chi connectivity index (χ1n) is 6.58. The van der Waals surface area contributed by atoms with Crippen LogP contribution in [0.1, 0.15) is 5.69 Å². The molecule has 3 heteroatoms. The van der Waals surface area contributed by atoms with Crippen molar-refractivity contribution in [2.45, 2.75) is 6.92 Å². The van der Waals surface area contributed by atoms with Crippen LogP contribution < -0.4 is 9.47 Å². The third kappa shape index (κ3) is 1.71. The lowest BCUT2D eigenvalue weighted by atomic mass is 10.0. The van der Waals surface area contributed by atoms with Crippen molar-refractivity contribution < 1.29 is 9.47 Å². The zero-order chi connectivity index (χ0) is 13.5. The second-order valence-corrected chi connectivity index (χ2v) is 4.89. The zero-order valence-corrected chi connectivity index (χ0v) is 11.1. The summed E-state index contributed by atoms with van der Waals surface area (Å²) in [4.78, 5) is 4.70. The zero-order valence-electron chi connectivity index (χ0n) is 11.1. The van der Waals surface area contributed by atoms with Crippen LogP contribution in [0.5, 0.6) is 11.5 Å². The average Bonchev–Trinajstić information content (AvgIpc) is 2.93. The Morgan fingerprint density at radius 3 is 2.50 bits per heavy atom. The fourth-order valence-corrected chi connectivity index (χ4v) is 2.57. The van der Waals surface area contributed by atoms with Crippen LogP contribution >= 0.6 is 0 Å². The minimum Gasteiger partial charge on any atom is -0.454 e. The Morgan fingerprint density at radius 2 is 1.70 bits per heavy atom. The molecular weight excluding hydrogens is 250 g/mol. The third-order valence-corrected chi connectivity index (χ3v) is 3.58. The van der Waals surface area contributed by atoms with Gasteiger partial charge in [-0.15, -0.1) is 0 Å². The maximum atomic E-state index is 5.45. The lowest BCUT2D eigenvalue weighted by molar-refractivity contribution is 0.174. The second-order valence-electron chi connectivity index (χ2n) is 4.89. The molecule has 1 aliphatic heterocycles. The summed E-state index contributed by atoms with van der Waals surface area (Å²) in [5.41, 5.74) is 3.10. The number of fused-ring (bicyclic) bond motifs is 2. The van der Waals surface area contributed by atoms with E-state index in [9.17, 15) is 0 Å². The molecule has 0 radical (unpaired) electrons. The molecule has 3 aromatic rings. The van der Waals surface area contributed by atoms with Crippen LogP contribution in [0.4, 0.5) is 0 Å². The van der Waals surface area contributed by atoms with Gasteiger partial charge in [0.25, 0.3) is 0 Å². The first kappa shape index (κ1) is 11.3. The molecule has 2 heterocycles. The van der Waals surface area contributed by atoms with Gasteiger partial charge in [-0.1, -0.05) is 30.3 Å². The van der Waals surface area contributed by atoms with Gasteiger partial charge in [-0.25, -0.2) is 0 Å². The van der Waals surface area contributed by atoms with Crippen molar-refractivity contribution in [1.29, 1.82) is 0 Å². The topological polar surface area (TPSA) is 31.4 Å². The van der Waals surface area contributed by atoms with Crippen molar-refractivity contribution in [3.63, 3.8) is 0 Å². The number of ether oxygens (including phenoxy) is 2. The molecule has 0 atom stereocenters. The molecule has 0 saturated carbocycles. The number of nitrogens with zero attached hydrogens (tertiary/aromatic N) is 1. The Labute approximate surface area is 116 Å². The summed E-state index contributed by atoms with van der Waals surface area (Å²) in [7, 11) is 0. The Kier molecular flexibility index (Phi) is 2.39. The van der Waals surface area contributed by atoms with Crippen LogP contribution in [0, 0.1) is 6.92 Å². The summed E-state index contributed by atoms with van der Waals surface area (Å²) in [5, 5.41) is 2.23. The van der Waals surface area contributed by atoms with Gasteiger partial charge >= 0.3 is 0 Å². The van der Waals surface area contributed by atoms with E-state index >= 15 is 0 Å². The van der Waals surface area contributed by atoms with Crippen molar-refractivity contribution in [2.24, 2.45) is 0 Å². The predicted molar refractivity (Wildman–Crippen MR) is 78.0 cm³/mol. The molecule has 0 bridgehead atoms. The molecule has 98 valence electrons. The van der Waals surface area contributed by atoms with Gasteiger partial charge in [0.2, 0.25) is 6.79 Å². The number of aromatic nitrogens is 1. The van der Waals surface area contributed by atoms with Crippen molar-refractivity contribution in [3.05, 3.63) is 54.2 Å². The van der Waals surface area contributed by atoms with Gasteiger partial charge in [0.1, 0.15) is 0 Å². The van der Waals surface area contributed by atoms with Crippen molar-refractivity contribution in [2.75, 3.05) is 6.79 Å². The van der Waals surface area contributed by atoms with Crippen LogP contribution in [0.3, 0.4) is 0 Å². The number of pyridine rings is 1. The van der Waals surface area contributed by atoms with Gasteiger partial charge in [0.15, 0.2) is 11.5 Å². The molecule has 1 aliphatic rings. The SMILES string of the molecule is Cc1nc(-c2ccccc2)cc2cc3c(cc12)OCO3. The van der Waals surface area contributed by atoms with E-state index in [0.717, 1.165) is 39.2 Å². The van der Waals surface area contributed by atoms with Crippen molar-refractivity contribution >= 4 is 10.8 Å². The molecule has 0 aliphatic carbocycles. The molecule has 0 fully saturated rings. The number of benzene rings is 2. The minimum atomic E-state index is 0.295. The fourth-order valence-electron chi connectivity index (χ4n) is 2.57. The average molecular weight is 263 g/mol. The summed E-state index contributed by atoms with van der Waals surface area (Å²) in [6.45, 7) is 2.32. The summed E-state index contributed by atoms with van der Waals surface area (Å²) in [6, 6.07) is 16.3. The van der Waals surface area contributed by atoms with E-state index < -0.39 is 0 Å². The lowest BCUT2D eigenvalue weighted by Crippen LogP contribution is -1.92. The maximum Gasteiger partial charge on any atom is 0.231 e. The quantitative estimate of drug-likeness (QED) is 0.666. The highest BCUT2D eigenvalue weighted by molar-refractivity contribution is 5.90. The summed E-state index contributed by atoms with van der Waals surface area (Å²) < 4.78 is 10.9. The van der Waals surface area contributed by atoms with E-state index in [2.05, 4.69) is 18.2 Å². The van der Waals surface area contributed by atoms with Gasteiger partial charge in [0.05, 0.1) is 5.69 Å². The van der Waals surface area contributed by atoms with E-state index in [1.165, 1.54) is 0 Å². The molecule has 0 unspecified atom stereocenters. The highest BCUT2D eigenvalue weighted by Crippen LogP contribution is 2.37. The van der Waals surface area contributed by atoms with E-state index in [0.29, 0.717) is 6.79 Å². The van der Waals surface area contributed by atoms with E-state index in [1.807, 2.05) is 37.3 Å². The Hall–Kier alpha value is -2.55. The van der Waals surface area contributed by atoms with E-state index in [4.69, 9.17) is 14.5 Å². The maximum absolute atomic E-state index is 5.45. The molecule has 0 N–H and O–H groups in total. The number of hydrogen-bond donors (Lipinski definition) is 0. The van der Waals surface area contributed by atoms with Gasteiger partial charge < -0.3 is 9.47 Å². The Balaban J connectivity index is 1.96. The smallest absolute Gasteiger partial charge is 0.231 e. The first-order chi connectivity index (χ1) is 9.81. The monoisotopic (exact) mass is 263 g/mol. The van der Waals surface area contributed by atoms with Crippen molar-refractivity contribution in [1.82, 2.24) is 4.98 Å². The standard InChI is InChI=1S/C17H13NO2/c1-11-14-9-17-16(19-10-20-17)8-13(14)7-15(18-11)12-5-3-2-4-6-12/h2-9H,10H2,1H3. The molecule has 1 aromatic heterocycles. The van der Waals surface area contributed by atoms with E-state index in [-0.39, 0.29) is 0 Å². The number of aryl methyl sites for hydroxylation is 1. The normalized spacial score (nSPS) is 12.8. The summed E-state index contributed by atoms with van der Waals surface area (Å²) >= 11 is 0. The number of hydrogen-bond acceptors (Lipinski definition) is 3.